The molecule has 0 radical (unpaired) electrons. The van der Waals surface area contributed by atoms with Crippen LogP contribution in [0.2, 0.25) is 0 Å². The van der Waals surface area contributed by atoms with Crippen molar-refractivity contribution in [3.8, 4) is 0 Å². The van der Waals surface area contributed by atoms with E-state index in [1.165, 1.54) is 6.26 Å². The summed E-state index contributed by atoms with van der Waals surface area (Å²) in [5, 5.41) is 0. The van der Waals surface area contributed by atoms with Crippen LogP contribution in [0.5, 0.6) is 0 Å². The molecular weight excluding hydrogens is 228 g/mol. The van der Waals surface area contributed by atoms with E-state index in [0.717, 1.165) is 5.76 Å². The van der Waals surface area contributed by atoms with E-state index < -0.39 is 9.84 Å². The summed E-state index contributed by atoms with van der Waals surface area (Å²) in [6.07, 6.45) is 2.81. The van der Waals surface area contributed by atoms with E-state index in [9.17, 15) is 8.42 Å². The van der Waals surface area contributed by atoms with Gasteiger partial charge in [0.1, 0.15) is 15.6 Å². The molecule has 92 valence electrons. The van der Waals surface area contributed by atoms with Gasteiger partial charge in [0.25, 0.3) is 0 Å². The summed E-state index contributed by atoms with van der Waals surface area (Å²) in [7, 11) is -1.10. The van der Waals surface area contributed by atoms with E-state index >= 15 is 0 Å². The van der Waals surface area contributed by atoms with Crippen LogP contribution in [0.3, 0.4) is 0 Å². The number of furan rings is 1. The van der Waals surface area contributed by atoms with Crippen molar-refractivity contribution < 1.29 is 12.8 Å². The maximum atomic E-state index is 11.1. The van der Waals surface area contributed by atoms with Crippen molar-refractivity contribution in [3.63, 3.8) is 0 Å². The highest BCUT2D eigenvalue weighted by Crippen LogP contribution is 2.18. The van der Waals surface area contributed by atoms with Crippen molar-refractivity contribution in [1.29, 1.82) is 0 Å². The van der Waals surface area contributed by atoms with Crippen molar-refractivity contribution >= 4 is 9.84 Å². The Hall–Kier alpha value is -0.850. The first kappa shape index (κ1) is 13.2. The zero-order valence-corrected chi connectivity index (χ0v) is 10.4. The Bertz CT molecular complexity index is 400. The quantitative estimate of drug-likeness (QED) is 0.779. The van der Waals surface area contributed by atoms with Crippen molar-refractivity contribution in [2.75, 3.05) is 32.1 Å². The van der Waals surface area contributed by atoms with Crippen LogP contribution in [0.1, 0.15) is 11.8 Å². The number of nitrogens with zero attached hydrogens (tertiary/aromatic N) is 1. The average Bonchev–Trinajstić information content (AvgIpc) is 2.68. The van der Waals surface area contributed by atoms with Crippen LogP contribution in [0.4, 0.5) is 0 Å². The first-order chi connectivity index (χ1) is 7.44. The zero-order valence-electron chi connectivity index (χ0n) is 9.59. The molecule has 1 aromatic rings. The van der Waals surface area contributed by atoms with Crippen molar-refractivity contribution in [2.24, 2.45) is 5.73 Å². The Labute approximate surface area is 96.1 Å². The molecule has 1 unspecified atom stereocenters. The lowest BCUT2D eigenvalue weighted by atomic mass is 10.2. The zero-order chi connectivity index (χ0) is 12.2. The molecule has 16 heavy (non-hydrogen) atoms. The third-order valence-corrected chi connectivity index (χ3v) is 3.37. The summed E-state index contributed by atoms with van der Waals surface area (Å²) >= 11 is 0. The molecule has 0 spiro atoms. The van der Waals surface area contributed by atoms with Crippen LogP contribution in [-0.2, 0) is 9.84 Å². The standard InChI is InChI=1S/C10H18N2O3S/c1-12(5-7-16(2,13)14)9(8-11)10-4-3-6-15-10/h3-4,6,9H,5,7-8,11H2,1-2H3. The Kier molecular flexibility index (Phi) is 4.52. The highest BCUT2D eigenvalue weighted by Gasteiger charge is 2.18. The van der Waals surface area contributed by atoms with Crippen LogP contribution in [0, 0.1) is 0 Å². The summed E-state index contributed by atoms with van der Waals surface area (Å²) < 4.78 is 27.4. The predicted octanol–water partition coefficient (Wildman–Crippen LogP) is 0.256. The molecule has 1 rings (SSSR count). The van der Waals surface area contributed by atoms with Crippen molar-refractivity contribution in [2.45, 2.75) is 6.04 Å². The van der Waals surface area contributed by atoms with E-state index in [1.807, 2.05) is 18.0 Å². The van der Waals surface area contributed by atoms with Gasteiger partial charge in [-0.05, 0) is 19.2 Å². The molecule has 0 saturated carbocycles. The molecule has 0 aliphatic heterocycles. The van der Waals surface area contributed by atoms with Gasteiger partial charge in [0, 0.05) is 19.3 Å². The number of likely N-dealkylation sites (N-methyl/N-ethyl adjacent to an activating group) is 1. The van der Waals surface area contributed by atoms with Crippen LogP contribution in [-0.4, -0.2) is 45.5 Å². The van der Waals surface area contributed by atoms with Gasteiger partial charge in [-0.3, -0.25) is 4.90 Å². The van der Waals surface area contributed by atoms with Crippen molar-refractivity contribution in [3.05, 3.63) is 24.2 Å². The Morgan fingerprint density at radius 2 is 2.25 bits per heavy atom. The third kappa shape index (κ3) is 3.96. The Morgan fingerprint density at radius 1 is 1.56 bits per heavy atom. The molecule has 2 N–H and O–H groups in total. The second-order valence-corrected chi connectivity index (χ2v) is 6.14. The molecule has 0 aliphatic rings. The van der Waals surface area contributed by atoms with E-state index in [0.29, 0.717) is 13.1 Å². The minimum absolute atomic E-state index is 0.0725. The maximum Gasteiger partial charge on any atom is 0.148 e. The Balaban J connectivity index is 2.61. The fourth-order valence-electron chi connectivity index (χ4n) is 1.46. The van der Waals surface area contributed by atoms with Gasteiger partial charge in [-0.1, -0.05) is 0 Å². The normalized spacial score (nSPS) is 14.2. The van der Waals surface area contributed by atoms with E-state index in [1.54, 1.807) is 12.3 Å². The number of nitrogens with two attached hydrogens (primary N) is 1. The second kappa shape index (κ2) is 5.47. The monoisotopic (exact) mass is 246 g/mol. The highest BCUT2D eigenvalue weighted by molar-refractivity contribution is 7.90. The van der Waals surface area contributed by atoms with Gasteiger partial charge in [0.2, 0.25) is 0 Å². The molecule has 6 heteroatoms. The van der Waals surface area contributed by atoms with E-state index in [-0.39, 0.29) is 11.8 Å². The van der Waals surface area contributed by atoms with Gasteiger partial charge in [-0.25, -0.2) is 8.42 Å². The fraction of sp³-hybridized carbons (Fsp3) is 0.600. The van der Waals surface area contributed by atoms with E-state index in [4.69, 9.17) is 10.2 Å². The maximum absolute atomic E-state index is 11.1. The second-order valence-electron chi connectivity index (χ2n) is 3.88. The summed E-state index contributed by atoms with van der Waals surface area (Å²) in [4.78, 5) is 1.89. The largest absolute Gasteiger partial charge is 0.468 e. The lowest BCUT2D eigenvalue weighted by molar-refractivity contribution is 0.232. The molecule has 0 saturated heterocycles. The highest BCUT2D eigenvalue weighted by atomic mass is 32.2. The minimum Gasteiger partial charge on any atom is -0.468 e. The topological polar surface area (TPSA) is 76.5 Å². The van der Waals surface area contributed by atoms with Gasteiger partial charge in [0.05, 0.1) is 18.1 Å². The molecular formula is C10H18N2O3S. The number of hydrogen-bond donors (Lipinski definition) is 1. The number of sulfone groups is 1. The number of hydrogen-bond acceptors (Lipinski definition) is 5. The van der Waals surface area contributed by atoms with Gasteiger partial charge in [0.15, 0.2) is 0 Å². The lowest BCUT2D eigenvalue weighted by Crippen LogP contribution is -2.33. The third-order valence-electron chi connectivity index (χ3n) is 2.44. The summed E-state index contributed by atoms with van der Waals surface area (Å²) in [6.45, 7) is 0.842. The lowest BCUT2D eigenvalue weighted by Gasteiger charge is -2.24. The minimum atomic E-state index is -2.94. The first-order valence-corrected chi connectivity index (χ1v) is 7.11. The summed E-state index contributed by atoms with van der Waals surface area (Å²) in [5.41, 5.74) is 5.65. The van der Waals surface area contributed by atoms with Crippen molar-refractivity contribution in [1.82, 2.24) is 4.90 Å². The van der Waals surface area contributed by atoms with Gasteiger partial charge < -0.3 is 10.2 Å². The van der Waals surface area contributed by atoms with Crippen LogP contribution in [0.25, 0.3) is 0 Å². The molecule has 0 fully saturated rings. The van der Waals surface area contributed by atoms with Gasteiger partial charge in [-0.15, -0.1) is 0 Å². The van der Waals surface area contributed by atoms with Crippen LogP contribution < -0.4 is 5.73 Å². The summed E-state index contributed by atoms with van der Waals surface area (Å²) in [6, 6.07) is 3.56. The fourth-order valence-corrected chi connectivity index (χ4v) is 2.08. The van der Waals surface area contributed by atoms with E-state index in [2.05, 4.69) is 0 Å². The molecule has 0 aromatic carbocycles. The van der Waals surface area contributed by atoms with Crippen LogP contribution in [0.15, 0.2) is 22.8 Å². The number of rotatable bonds is 6. The predicted molar refractivity (Wildman–Crippen MR) is 62.8 cm³/mol. The molecule has 0 aliphatic carbocycles. The van der Waals surface area contributed by atoms with Gasteiger partial charge >= 0.3 is 0 Å². The molecule has 5 nitrogen and oxygen atoms in total. The SMILES string of the molecule is CN(CCS(C)(=O)=O)C(CN)c1ccco1. The molecule has 1 aromatic heterocycles. The molecule has 0 bridgehead atoms. The molecule has 1 atom stereocenters. The summed E-state index contributed by atoms with van der Waals surface area (Å²) in [5.74, 6) is 0.888. The Morgan fingerprint density at radius 3 is 2.69 bits per heavy atom. The average molecular weight is 246 g/mol. The first-order valence-electron chi connectivity index (χ1n) is 5.05. The molecule has 0 amide bonds. The smallest absolute Gasteiger partial charge is 0.148 e. The van der Waals surface area contributed by atoms with Crippen LogP contribution >= 0.6 is 0 Å². The van der Waals surface area contributed by atoms with Gasteiger partial charge in [-0.2, -0.15) is 0 Å². The molecule has 1 heterocycles.